The minimum atomic E-state index is -1.69. The van der Waals surface area contributed by atoms with E-state index in [1.807, 2.05) is 27.7 Å². The third-order valence-corrected chi connectivity index (χ3v) is 6.32. The van der Waals surface area contributed by atoms with Crippen LogP contribution in [0.25, 0.3) is 0 Å². The number of hydrogen-bond donors (Lipinski definition) is 5. The number of carbonyl (C=O) groups is 2. The Balaban J connectivity index is 0.00000235. The van der Waals surface area contributed by atoms with Crippen LogP contribution in [0, 0.1) is 16.0 Å². The monoisotopic (exact) mass is 527 g/mol. The summed E-state index contributed by atoms with van der Waals surface area (Å²) in [4.78, 5) is 38.0. The summed E-state index contributed by atoms with van der Waals surface area (Å²) in [6.07, 6.45) is -4.45. The molecule has 6 atom stereocenters. The largest absolute Gasteiger partial charge is 0.484 e. The summed E-state index contributed by atoms with van der Waals surface area (Å²) in [6, 6.07) is 2.19. The van der Waals surface area contributed by atoms with E-state index < -0.39 is 60.6 Å². The fraction of sp³-hybridized carbons (Fsp3) is 0.667. The second kappa shape index (κ2) is 13.6. The molecule has 1 unspecified atom stereocenters. The molecule has 2 saturated heterocycles. The number of benzene rings is 1. The molecule has 0 aromatic heterocycles. The predicted octanol–water partition coefficient (Wildman–Crippen LogP) is 0.177. The highest BCUT2D eigenvalue weighted by Crippen LogP contribution is 2.30. The lowest BCUT2D eigenvalue weighted by molar-refractivity contribution is -0.385. The lowest BCUT2D eigenvalue weighted by Gasteiger charge is -2.40. The van der Waals surface area contributed by atoms with Gasteiger partial charge in [0.15, 0.2) is 12.9 Å². The van der Waals surface area contributed by atoms with Crippen LogP contribution in [0.15, 0.2) is 18.2 Å². The molecule has 2 amide bonds. The highest BCUT2D eigenvalue weighted by atomic mass is 16.6. The molecule has 2 aliphatic rings. The Bertz CT molecular complexity index is 943. The molecule has 0 saturated carbocycles. The van der Waals surface area contributed by atoms with Crippen molar-refractivity contribution in [1.29, 1.82) is 0 Å². The van der Waals surface area contributed by atoms with E-state index in [-0.39, 0.29) is 29.0 Å². The lowest BCUT2D eigenvalue weighted by Crippen LogP contribution is -2.64. The van der Waals surface area contributed by atoms with Crippen molar-refractivity contribution in [3.05, 3.63) is 33.9 Å². The zero-order chi connectivity index (χ0) is 27.9. The minimum Gasteiger partial charge on any atom is -0.484 e. The summed E-state index contributed by atoms with van der Waals surface area (Å²) < 4.78 is 10.4. The van der Waals surface area contributed by atoms with Crippen LogP contribution in [0.2, 0.25) is 0 Å². The topological polar surface area (TPSA) is 192 Å². The third kappa shape index (κ3) is 7.14. The zero-order valence-electron chi connectivity index (χ0n) is 21.4. The SMILES string of the molecule is CC.CC(C)[C@@H]1CCCN1C(=O)c1cc(OCC(=O)N[C@H]2C(O)O[C@H](CO)[C@@H](O)[C@@H]2O)ccc1[N+](=O)[O-]. The van der Waals surface area contributed by atoms with Crippen LogP contribution in [-0.4, -0.2) is 98.5 Å². The average molecular weight is 528 g/mol. The molecule has 37 heavy (non-hydrogen) atoms. The van der Waals surface area contributed by atoms with Crippen molar-refractivity contribution in [1.82, 2.24) is 10.2 Å². The molecule has 2 fully saturated rings. The summed E-state index contributed by atoms with van der Waals surface area (Å²) >= 11 is 0. The smallest absolute Gasteiger partial charge is 0.282 e. The number of rotatable bonds is 8. The molecular weight excluding hydrogens is 490 g/mol. The molecule has 1 aromatic rings. The molecule has 0 radical (unpaired) electrons. The lowest BCUT2D eigenvalue weighted by atomic mass is 9.97. The highest BCUT2D eigenvalue weighted by molar-refractivity contribution is 5.99. The van der Waals surface area contributed by atoms with Gasteiger partial charge in [-0.1, -0.05) is 27.7 Å². The zero-order valence-corrected chi connectivity index (χ0v) is 21.4. The fourth-order valence-corrected chi connectivity index (χ4v) is 4.46. The number of nitro groups is 1. The summed E-state index contributed by atoms with van der Waals surface area (Å²) in [7, 11) is 0. The molecule has 0 spiro atoms. The first-order chi connectivity index (χ1) is 17.5. The van der Waals surface area contributed by atoms with Gasteiger partial charge < -0.3 is 40.1 Å². The number of aliphatic hydroxyl groups excluding tert-OH is 4. The van der Waals surface area contributed by atoms with Gasteiger partial charge in [0.05, 0.1) is 11.5 Å². The van der Waals surface area contributed by atoms with E-state index in [9.17, 15) is 35.0 Å². The van der Waals surface area contributed by atoms with Gasteiger partial charge >= 0.3 is 0 Å². The van der Waals surface area contributed by atoms with Crippen molar-refractivity contribution in [2.24, 2.45) is 5.92 Å². The van der Waals surface area contributed by atoms with Gasteiger partial charge in [0.25, 0.3) is 17.5 Å². The van der Waals surface area contributed by atoms with Gasteiger partial charge in [-0.05, 0) is 30.9 Å². The molecule has 5 N–H and O–H groups in total. The van der Waals surface area contributed by atoms with E-state index in [4.69, 9.17) is 14.6 Å². The van der Waals surface area contributed by atoms with E-state index in [1.54, 1.807) is 4.90 Å². The van der Waals surface area contributed by atoms with Crippen molar-refractivity contribution >= 4 is 17.5 Å². The summed E-state index contributed by atoms with van der Waals surface area (Å²) in [6.45, 7) is 7.20. The van der Waals surface area contributed by atoms with Crippen molar-refractivity contribution < 1.29 is 44.4 Å². The molecular formula is C24H37N3O10. The number of nitro benzene ring substituents is 1. The number of amides is 2. The highest BCUT2D eigenvalue weighted by Gasteiger charge is 2.44. The van der Waals surface area contributed by atoms with Gasteiger partial charge in [-0.2, -0.15) is 0 Å². The van der Waals surface area contributed by atoms with E-state index in [2.05, 4.69) is 5.32 Å². The Hall–Kier alpha value is -2.84. The maximum absolute atomic E-state index is 13.2. The standard InChI is InChI=1S/C22H31N3O10.C2H6/c1-11(2)14-4-3-7-24(14)21(30)13-8-12(5-6-15(13)25(32)33)34-10-17(27)23-18-20(29)19(28)16(9-26)35-22(18)31;1-2/h5-6,8,11,14,16,18-20,22,26,28-29,31H,3-4,7,9-10H2,1-2H3,(H,23,27);1-2H3/t14-,16+,18+,19+,20+,22?;/m0./s1. The predicted molar refractivity (Wildman–Crippen MR) is 131 cm³/mol. The van der Waals surface area contributed by atoms with Crippen LogP contribution in [-0.2, 0) is 9.53 Å². The summed E-state index contributed by atoms with van der Waals surface area (Å²) in [5.74, 6) is -1.06. The molecule has 0 bridgehead atoms. The van der Waals surface area contributed by atoms with Crippen LogP contribution < -0.4 is 10.1 Å². The third-order valence-electron chi connectivity index (χ3n) is 6.32. The number of ether oxygens (including phenoxy) is 2. The van der Waals surface area contributed by atoms with Gasteiger partial charge in [-0.25, -0.2) is 0 Å². The van der Waals surface area contributed by atoms with E-state index in [0.717, 1.165) is 18.9 Å². The van der Waals surface area contributed by atoms with Crippen molar-refractivity contribution in [3.63, 3.8) is 0 Å². The van der Waals surface area contributed by atoms with Crippen LogP contribution in [0.3, 0.4) is 0 Å². The van der Waals surface area contributed by atoms with Gasteiger partial charge in [-0.3, -0.25) is 19.7 Å². The maximum Gasteiger partial charge on any atom is 0.282 e. The second-order valence-corrected chi connectivity index (χ2v) is 9.00. The maximum atomic E-state index is 13.2. The van der Waals surface area contributed by atoms with E-state index >= 15 is 0 Å². The number of likely N-dealkylation sites (tertiary alicyclic amines) is 1. The van der Waals surface area contributed by atoms with E-state index in [0.29, 0.717) is 6.54 Å². The Morgan fingerprint density at radius 2 is 1.92 bits per heavy atom. The molecule has 1 aromatic carbocycles. The summed E-state index contributed by atoms with van der Waals surface area (Å²) in [5.41, 5.74) is -0.524. The normalized spacial score (nSPS) is 27.3. The number of aliphatic hydroxyl groups is 4. The van der Waals surface area contributed by atoms with Crippen molar-refractivity contribution in [3.8, 4) is 5.75 Å². The van der Waals surface area contributed by atoms with Gasteiger partial charge in [0.1, 0.15) is 35.7 Å². The van der Waals surface area contributed by atoms with Crippen LogP contribution in [0.1, 0.15) is 50.9 Å². The number of carbonyl (C=O) groups excluding carboxylic acids is 2. The fourth-order valence-electron chi connectivity index (χ4n) is 4.46. The Labute approximate surface area is 215 Å². The number of hydrogen-bond acceptors (Lipinski definition) is 10. The molecule has 208 valence electrons. The molecule has 2 aliphatic heterocycles. The van der Waals surface area contributed by atoms with Crippen LogP contribution in [0.4, 0.5) is 5.69 Å². The minimum absolute atomic E-state index is 0.0335. The van der Waals surface area contributed by atoms with Crippen molar-refractivity contribution in [2.75, 3.05) is 19.8 Å². The first-order valence-corrected chi connectivity index (χ1v) is 12.4. The Morgan fingerprint density at radius 3 is 2.51 bits per heavy atom. The average Bonchev–Trinajstić information content (AvgIpc) is 3.38. The quantitative estimate of drug-likeness (QED) is 0.230. The Kier molecular flexibility index (Phi) is 11.2. The van der Waals surface area contributed by atoms with Crippen LogP contribution in [0.5, 0.6) is 5.75 Å². The number of nitrogens with zero attached hydrogens (tertiary/aromatic N) is 2. The number of nitrogens with one attached hydrogen (secondary N) is 1. The Morgan fingerprint density at radius 1 is 1.24 bits per heavy atom. The van der Waals surface area contributed by atoms with Crippen LogP contribution >= 0.6 is 0 Å². The second-order valence-electron chi connectivity index (χ2n) is 9.00. The first-order valence-electron chi connectivity index (χ1n) is 12.4. The molecule has 0 aliphatic carbocycles. The first kappa shape index (κ1) is 30.4. The van der Waals surface area contributed by atoms with Gasteiger partial charge in [0.2, 0.25) is 0 Å². The van der Waals surface area contributed by atoms with Gasteiger partial charge in [-0.15, -0.1) is 0 Å². The molecule has 13 nitrogen and oxygen atoms in total. The molecule has 3 rings (SSSR count). The van der Waals surface area contributed by atoms with Crippen molar-refractivity contribution in [2.45, 2.75) is 77.2 Å². The van der Waals surface area contributed by atoms with E-state index in [1.165, 1.54) is 12.1 Å². The summed E-state index contributed by atoms with van der Waals surface area (Å²) in [5, 5.41) is 52.9. The molecule has 2 heterocycles. The molecule has 13 heteroatoms. The van der Waals surface area contributed by atoms with Gasteiger partial charge in [0, 0.05) is 18.7 Å².